The zero-order valence-electron chi connectivity index (χ0n) is 14.7. The molecule has 0 radical (unpaired) electrons. The molecule has 0 aliphatic heterocycles. The van der Waals surface area contributed by atoms with Crippen LogP contribution in [0.4, 0.5) is 36.4 Å². The molecule has 3 aromatic rings. The zero-order valence-corrected chi connectivity index (χ0v) is 16.2. The molecule has 0 aliphatic rings. The van der Waals surface area contributed by atoms with Crippen LogP contribution < -0.4 is 5.32 Å². The molecule has 1 aromatic carbocycles. The van der Waals surface area contributed by atoms with E-state index in [2.05, 4.69) is 31.4 Å². The lowest BCUT2D eigenvalue weighted by molar-refractivity contribution is -0.142. The van der Waals surface area contributed by atoms with Crippen molar-refractivity contribution in [1.29, 1.82) is 0 Å². The van der Waals surface area contributed by atoms with Crippen LogP contribution in [0.15, 0.2) is 22.9 Å². The quantitative estimate of drug-likeness (QED) is 0.331. The van der Waals surface area contributed by atoms with Gasteiger partial charge in [0, 0.05) is 24.9 Å². The number of halogens is 8. The average Bonchev–Trinajstić information content (AvgIpc) is 3.20. The van der Waals surface area contributed by atoms with Crippen LogP contribution in [0.2, 0.25) is 0 Å². The SMILES string of the molecule is Cn1nc(C(F)(F)F)c(Br)c1C(=O)Nc1cnn(Cc2c(F)cc(F)c(F)c2F)c1. The van der Waals surface area contributed by atoms with E-state index in [0.29, 0.717) is 0 Å². The van der Waals surface area contributed by atoms with Gasteiger partial charge >= 0.3 is 6.18 Å². The standard InChI is InChI=1S/C16H9BrF7N5O/c1-28-13(10(17)14(27-28)16(22,23)24)15(30)26-6-3-25-29(4-6)5-7-8(18)2-9(19)12(21)11(7)20/h2-4H,5H2,1H3,(H,26,30). The van der Waals surface area contributed by atoms with E-state index in [9.17, 15) is 35.5 Å². The molecule has 0 spiro atoms. The number of benzene rings is 1. The summed E-state index contributed by atoms with van der Waals surface area (Å²) in [4.78, 5) is 12.3. The molecule has 30 heavy (non-hydrogen) atoms. The molecular weight excluding hydrogens is 491 g/mol. The lowest BCUT2D eigenvalue weighted by Gasteiger charge is -2.07. The number of aromatic nitrogens is 4. The van der Waals surface area contributed by atoms with Crippen LogP contribution in [0.5, 0.6) is 0 Å². The minimum absolute atomic E-state index is 0.0370. The van der Waals surface area contributed by atoms with Crippen LogP contribution in [0.25, 0.3) is 0 Å². The Morgan fingerprint density at radius 3 is 2.43 bits per heavy atom. The van der Waals surface area contributed by atoms with Gasteiger partial charge in [-0.2, -0.15) is 23.4 Å². The number of anilines is 1. The van der Waals surface area contributed by atoms with E-state index >= 15 is 0 Å². The van der Waals surface area contributed by atoms with Crippen LogP contribution >= 0.6 is 15.9 Å². The molecule has 0 unspecified atom stereocenters. The summed E-state index contributed by atoms with van der Waals surface area (Å²) in [6.07, 6.45) is -2.66. The summed E-state index contributed by atoms with van der Waals surface area (Å²) in [7, 11) is 1.13. The van der Waals surface area contributed by atoms with Gasteiger partial charge in [-0.15, -0.1) is 0 Å². The summed E-state index contributed by atoms with van der Waals surface area (Å²) in [6.45, 7) is -0.641. The van der Waals surface area contributed by atoms with Gasteiger partial charge in [0.05, 0.1) is 22.9 Å². The maximum Gasteiger partial charge on any atom is 0.436 e. The minimum atomic E-state index is -4.79. The number of hydrogen-bond donors (Lipinski definition) is 1. The van der Waals surface area contributed by atoms with Crippen LogP contribution in [0.3, 0.4) is 0 Å². The van der Waals surface area contributed by atoms with Crippen molar-refractivity contribution in [3.05, 3.63) is 63.2 Å². The number of alkyl halides is 3. The number of carbonyl (C=O) groups excluding carboxylic acids is 1. The minimum Gasteiger partial charge on any atom is -0.318 e. The van der Waals surface area contributed by atoms with Crippen LogP contribution in [-0.4, -0.2) is 25.5 Å². The topological polar surface area (TPSA) is 64.7 Å². The predicted octanol–water partition coefficient (Wildman–Crippen LogP) is 4.25. The second-order valence-electron chi connectivity index (χ2n) is 5.96. The van der Waals surface area contributed by atoms with Crippen molar-refractivity contribution < 1.29 is 35.5 Å². The second kappa shape index (κ2) is 7.74. The first-order valence-electron chi connectivity index (χ1n) is 7.85. The fourth-order valence-electron chi connectivity index (χ4n) is 2.54. The van der Waals surface area contributed by atoms with Gasteiger partial charge in [-0.05, 0) is 15.9 Å². The molecule has 14 heteroatoms. The van der Waals surface area contributed by atoms with Crippen LogP contribution in [0, 0.1) is 23.3 Å². The van der Waals surface area contributed by atoms with E-state index in [1.165, 1.54) is 0 Å². The van der Waals surface area contributed by atoms with Crippen LogP contribution in [-0.2, 0) is 19.8 Å². The van der Waals surface area contributed by atoms with Gasteiger partial charge in [-0.25, -0.2) is 17.6 Å². The smallest absolute Gasteiger partial charge is 0.318 e. The third-order valence-electron chi connectivity index (χ3n) is 3.89. The van der Waals surface area contributed by atoms with Gasteiger partial charge in [0.1, 0.15) is 11.5 Å². The summed E-state index contributed by atoms with van der Waals surface area (Å²) >= 11 is 2.70. The number of aryl methyl sites for hydroxylation is 1. The number of hydrogen-bond acceptors (Lipinski definition) is 3. The summed E-state index contributed by atoms with van der Waals surface area (Å²) in [5.41, 5.74) is -2.58. The number of nitrogens with zero attached hydrogens (tertiary/aromatic N) is 4. The highest BCUT2D eigenvalue weighted by molar-refractivity contribution is 9.10. The van der Waals surface area contributed by atoms with E-state index < -0.39 is 63.3 Å². The summed E-state index contributed by atoms with van der Waals surface area (Å²) < 4.78 is 93.6. The molecule has 2 aromatic heterocycles. The Morgan fingerprint density at radius 1 is 1.17 bits per heavy atom. The fourth-order valence-corrected chi connectivity index (χ4v) is 3.28. The van der Waals surface area contributed by atoms with Gasteiger partial charge in [0.15, 0.2) is 23.1 Å². The number of nitrogens with one attached hydrogen (secondary N) is 1. The maximum absolute atomic E-state index is 13.8. The Balaban J connectivity index is 1.81. The molecule has 0 bridgehead atoms. The molecule has 0 aliphatic carbocycles. The van der Waals surface area contributed by atoms with Gasteiger partial charge in [0.2, 0.25) is 0 Å². The fraction of sp³-hybridized carbons (Fsp3) is 0.188. The van der Waals surface area contributed by atoms with E-state index in [0.717, 1.165) is 28.8 Å². The van der Waals surface area contributed by atoms with Gasteiger partial charge in [-0.1, -0.05) is 0 Å². The number of rotatable bonds is 4. The van der Waals surface area contributed by atoms with Crippen molar-refractivity contribution in [3.63, 3.8) is 0 Å². The maximum atomic E-state index is 13.8. The van der Waals surface area contributed by atoms with Crippen LogP contribution in [0.1, 0.15) is 21.7 Å². The third kappa shape index (κ3) is 4.04. The molecule has 0 fully saturated rings. The molecular formula is C16H9BrF7N5O. The molecule has 6 nitrogen and oxygen atoms in total. The third-order valence-corrected chi connectivity index (χ3v) is 4.64. The highest BCUT2D eigenvalue weighted by Gasteiger charge is 2.39. The Labute approximate surface area is 171 Å². The van der Waals surface area contributed by atoms with Crippen molar-refractivity contribution in [2.24, 2.45) is 7.05 Å². The van der Waals surface area contributed by atoms with Crippen molar-refractivity contribution in [1.82, 2.24) is 19.6 Å². The second-order valence-corrected chi connectivity index (χ2v) is 6.75. The van der Waals surface area contributed by atoms with E-state index in [-0.39, 0.29) is 11.8 Å². The highest BCUT2D eigenvalue weighted by Crippen LogP contribution is 2.35. The molecule has 160 valence electrons. The lowest BCUT2D eigenvalue weighted by Crippen LogP contribution is -2.16. The van der Waals surface area contributed by atoms with Crippen molar-refractivity contribution in [2.45, 2.75) is 12.7 Å². The lowest BCUT2D eigenvalue weighted by atomic mass is 10.2. The van der Waals surface area contributed by atoms with Crippen molar-refractivity contribution in [2.75, 3.05) is 5.32 Å². The molecule has 0 saturated carbocycles. The van der Waals surface area contributed by atoms with Crippen molar-refractivity contribution in [3.8, 4) is 0 Å². The van der Waals surface area contributed by atoms with Gasteiger partial charge in [-0.3, -0.25) is 14.2 Å². The first-order chi connectivity index (χ1) is 13.9. The number of amides is 1. The molecule has 0 atom stereocenters. The molecule has 2 heterocycles. The molecule has 1 N–H and O–H groups in total. The molecule has 1 amide bonds. The Kier molecular flexibility index (Phi) is 5.62. The normalized spacial score (nSPS) is 11.8. The zero-order chi connectivity index (χ0) is 22.4. The van der Waals surface area contributed by atoms with E-state index in [4.69, 9.17) is 0 Å². The Bertz CT molecular complexity index is 1140. The summed E-state index contributed by atoms with van der Waals surface area (Å²) in [5, 5.41) is 9.23. The monoisotopic (exact) mass is 499 g/mol. The van der Waals surface area contributed by atoms with Gasteiger partial charge in [0.25, 0.3) is 5.91 Å². The summed E-state index contributed by atoms with van der Waals surface area (Å²) in [6, 6.07) is 0.179. The number of carbonyl (C=O) groups is 1. The molecule has 0 saturated heterocycles. The van der Waals surface area contributed by atoms with Gasteiger partial charge < -0.3 is 5.32 Å². The van der Waals surface area contributed by atoms with Crippen molar-refractivity contribution >= 4 is 27.5 Å². The molecule has 3 rings (SSSR count). The Morgan fingerprint density at radius 2 is 1.83 bits per heavy atom. The van der Waals surface area contributed by atoms with E-state index in [1.54, 1.807) is 0 Å². The average molecular weight is 500 g/mol. The highest BCUT2D eigenvalue weighted by atomic mass is 79.9. The largest absolute Gasteiger partial charge is 0.436 e. The predicted molar refractivity (Wildman–Crippen MR) is 91.5 cm³/mol. The van der Waals surface area contributed by atoms with E-state index in [1.807, 2.05) is 0 Å². The first-order valence-corrected chi connectivity index (χ1v) is 8.64. The first kappa shape index (κ1) is 21.8. The Hall–Kier alpha value is -2.90. The summed E-state index contributed by atoms with van der Waals surface area (Å²) in [5.74, 6) is -7.59.